The first kappa shape index (κ1) is 29.9. The number of likely N-dealkylation sites (tertiary alicyclic amines) is 2. The van der Waals surface area contributed by atoms with Crippen molar-refractivity contribution in [2.75, 3.05) is 52.9 Å². The van der Waals surface area contributed by atoms with Gasteiger partial charge in [0.25, 0.3) is 0 Å². The van der Waals surface area contributed by atoms with E-state index in [-0.39, 0.29) is 31.0 Å². The summed E-state index contributed by atoms with van der Waals surface area (Å²) in [7, 11) is 1.82. The Bertz CT molecular complexity index is 947. The zero-order chi connectivity index (χ0) is 28.8. The summed E-state index contributed by atoms with van der Waals surface area (Å²) in [6.07, 6.45) is 12.1. The molecule has 3 atom stereocenters. The molecule has 4 rings (SSSR count). The maximum atomic E-state index is 13.2. The van der Waals surface area contributed by atoms with Crippen molar-refractivity contribution in [1.82, 2.24) is 24.5 Å². The fourth-order valence-electron chi connectivity index (χ4n) is 6.95. The second-order valence-corrected chi connectivity index (χ2v) is 12.1. The van der Waals surface area contributed by atoms with Gasteiger partial charge in [-0.2, -0.15) is 0 Å². The summed E-state index contributed by atoms with van der Waals surface area (Å²) < 4.78 is 0. The van der Waals surface area contributed by atoms with E-state index >= 15 is 0 Å². The van der Waals surface area contributed by atoms with Gasteiger partial charge in [-0.1, -0.05) is 44.9 Å². The number of unbranched alkanes of at least 4 members (excludes halogenated alkanes) is 1. The van der Waals surface area contributed by atoms with Gasteiger partial charge in [-0.25, -0.2) is 19.3 Å². The smallest absolute Gasteiger partial charge is 0.327 e. The molecule has 2 unspecified atom stereocenters. The van der Waals surface area contributed by atoms with Crippen LogP contribution in [-0.4, -0.2) is 118 Å². The van der Waals surface area contributed by atoms with E-state index in [0.717, 1.165) is 36.5 Å². The third-order valence-electron chi connectivity index (χ3n) is 9.35. The van der Waals surface area contributed by atoms with E-state index in [4.69, 9.17) is 11.1 Å². The van der Waals surface area contributed by atoms with E-state index < -0.39 is 29.9 Å². The lowest BCUT2D eigenvalue weighted by molar-refractivity contribution is -0.167. The number of urea groups is 2. The summed E-state index contributed by atoms with van der Waals surface area (Å²) in [5.74, 6) is -1.52. The molecule has 5 amide bonds. The average molecular weight is 562 g/mol. The second-order valence-electron chi connectivity index (χ2n) is 12.1. The van der Waals surface area contributed by atoms with Crippen molar-refractivity contribution in [3.63, 3.8) is 0 Å². The van der Waals surface area contributed by atoms with E-state index in [1.807, 2.05) is 7.05 Å². The number of imide groups is 1. The number of piperazine rings is 1. The summed E-state index contributed by atoms with van der Waals surface area (Å²) in [4.78, 5) is 58.8. The largest absolute Gasteiger partial charge is 0.480 e. The Balaban J connectivity index is 1.21. The Morgan fingerprint density at radius 2 is 1.57 bits per heavy atom. The van der Waals surface area contributed by atoms with Crippen LogP contribution in [0.3, 0.4) is 0 Å². The Hall–Kier alpha value is -3.05. The molecule has 224 valence electrons. The molecule has 12 nitrogen and oxygen atoms in total. The number of carboxylic acid groups (broad SMARTS) is 1. The van der Waals surface area contributed by atoms with Crippen molar-refractivity contribution in [2.45, 2.75) is 76.7 Å². The first-order chi connectivity index (χ1) is 19.2. The zero-order valence-electron chi connectivity index (χ0n) is 23.9. The van der Waals surface area contributed by atoms with Gasteiger partial charge in [0.05, 0.1) is 5.92 Å². The van der Waals surface area contributed by atoms with Gasteiger partial charge in [0.1, 0.15) is 0 Å². The van der Waals surface area contributed by atoms with Gasteiger partial charge in [-0.05, 0) is 37.5 Å². The SMILES string of the molecule is CN(CCCCC1CCCCC1)C(=O)N1CCN(C(=O)N2C(=O)[C@H](CC3CCCN(C(=N)N)C3)C2C(=O)O)CC1. The maximum Gasteiger partial charge on any atom is 0.327 e. The van der Waals surface area contributed by atoms with E-state index in [1.165, 1.54) is 43.4 Å². The van der Waals surface area contributed by atoms with Crippen molar-refractivity contribution in [1.29, 1.82) is 5.41 Å². The quantitative estimate of drug-likeness (QED) is 0.178. The Labute approximate surface area is 237 Å². The second kappa shape index (κ2) is 13.5. The number of aliphatic carboxylic acids is 1. The zero-order valence-corrected chi connectivity index (χ0v) is 23.9. The van der Waals surface area contributed by atoms with Crippen molar-refractivity contribution in [3.05, 3.63) is 0 Å². The number of hydrogen-bond donors (Lipinski definition) is 3. The fraction of sp³-hybridized carbons (Fsp3) is 0.821. The summed E-state index contributed by atoms with van der Waals surface area (Å²) in [6.45, 7) is 3.13. The minimum atomic E-state index is -1.19. The van der Waals surface area contributed by atoms with Gasteiger partial charge in [0, 0.05) is 52.9 Å². The summed E-state index contributed by atoms with van der Waals surface area (Å²) >= 11 is 0. The van der Waals surface area contributed by atoms with Crippen LogP contribution in [0.2, 0.25) is 0 Å². The molecule has 3 saturated heterocycles. The molecule has 0 radical (unpaired) electrons. The number of amides is 5. The minimum absolute atomic E-state index is 0.0188. The topological polar surface area (TPSA) is 155 Å². The molecule has 3 heterocycles. The number of piperidine rings is 1. The molecule has 1 aliphatic carbocycles. The first-order valence-electron chi connectivity index (χ1n) is 15.1. The molecule has 4 fully saturated rings. The number of nitrogens with zero attached hydrogens (tertiary/aromatic N) is 5. The minimum Gasteiger partial charge on any atom is -0.480 e. The molecule has 12 heteroatoms. The van der Waals surface area contributed by atoms with E-state index in [2.05, 4.69) is 0 Å². The molecular weight excluding hydrogens is 514 g/mol. The number of carbonyl (C=O) groups excluding carboxylic acids is 3. The number of nitrogens with one attached hydrogen (secondary N) is 1. The predicted molar refractivity (Wildman–Crippen MR) is 150 cm³/mol. The van der Waals surface area contributed by atoms with Crippen LogP contribution >= 0.6 is 0 Å². The number of hydrogen-bond acceptors (Lipinski definition) is 5. The van der Waals surface area contributed by atoms with Gasteiger partial charge in [-0.15, -0.1) is 0 Å². The third kappa shape index (κ3) is 6.98. The van der Waals surface area contributed by atoms with Crippen LogP contribution in [-0.2, 0) is 9.59 Å². The fourth-order valence-corrected chi connectivity index (χ4v) is 6.95. The molecule has 0 aromatic heterocycles. The molecule has 40 heavy (non-hydrogen) atoms. The number of β-lactam (4-membered cyclic amide) rings is 1. The number of carbonyl (C=O) groups is 4. The van der Waals surface area contributed by atoms with E-state index in [9.17, 15) is 24.3 Å². The van der Waals surface area contributed by atoms with Gasteiger partial charge < -0.3 is 30.4 Å². The summed E-state index contributed by atoms with van der Waals surface area (Å²) in [6, 6.07) is -1.83. The normalized spacial score (nSPS) is 25.9. The lowest BCUT2D eigenvalue weighted by atomic mass is 9.78. The Morgan fingerprint density at radius 1 is 0.925 bits per heavy atom. The standard InChI is InChI=1S/C28H47N7O5/c1-31(12-6-5-10-20-8-3-2-4-9-20)27(39)32-14-16-33(17-15-32)28(40)35-23(25(37)38)22(24(35)36)18-21-11-7-13-34(19-21)26(29)30/h20-23H,2-19H2,1H3,(H3,29,30)(H,37,38)/t21?,22-,23?/m1/s1. The molecule has 0 aromatic carbocycles. The van der Waals surface area contributed by atoms with Crippen molar-refractivity contribution in [3.8, 4) is 0 Å². The van der Waals surface area contributed by atoms with E-state index in [0.29, 0.717) is 39.1 Å². The third-order valence-corrected chi connectivity index (χ3v) is 9.35. The highest BCUT2D eigenvalue weighted by molar-refractivity contribution is 6.07. The van der Waals surface area contributed by atoms with E-state index in [1.54, 1.807) is 14.7 Å². The van der Waals surface area contributed by atoms with Gasteiger partial charge in [0.15, 0.2) is 12.0 Å². The molecule has 0 aromatic rings. The Kier molecular flexibility index (Phi) is 10.1. The monoisotopic (exact) mass is 561 g/mol. The average Bonchev–Trinajstić information content (AvgIpc) is 2.96. The van der Waals surface area contributed by atoms with Crippen LogP contribution in [0.1, 0.15) is 70.6 Å². The van der Waals surface area contributed by atoms with Crippen LogP contribution in [0.15, 0.2) is 0 Å². The van der Waals surface area contributed by atoms with Gasteiger partial charge in [0.2, 0.25) is 5.91 Å². The molecule has 0 bridgehead atoms. The lowest BCUT2D eigenvalue weighted by Gasteiger charge is -2.47. The summed E-state index contributed by atoms with van der Waals surface area (Å²) in [5, 5.41) is 17.5. The number of guanidine groups is 1. The van der Waals surface area contributed by atoms with Crippen LogP contribution in [0.4, 0.5) is 9.59 Å². The number of nitrogens with two attached hydrogens (primary N) is 1. The van der Waals surface area contributed by atoms with Gasteiger partial charge >= 0.3 is 18.0 Å². The highest BCUT2D eigenvalue weighted by Crippen LogP contribution is 2.36. The van der Waals surface area contributed by atoms with Crippen molar-refractivity contribution in [2.24, 2.45) is 23.5 Å². The first-order valence-corrected chi connectivity index (χ1v) is 15.1. The number of carboxylic acids is 1. The molecule has 0 spiro atoms. The lowest BCUT2D eigenvalue weighted by Crippen LogP contribution is -2.70. The maximum absolute atomic E-state index is 13.2. The van der Waals surface area contributed by atoms with Crippen LogP contribution in [0.25, 0.3) is 0 Å². The predicted octanol–water partition coefficient (Wildman–Crippen LogP) is 2.43. The molecule has 1 saturated carbocycles. The van der Waals surface area contributed by atoms with Crippen LogP contribution < -0.4 is 5.73 Å². The molecule has 3 aliphatic heterocycles. The molecular formula is C28H47N7O5. The summed E-state index contributed by atoms with van der Waals surface area (Å²) in [5.41, 5.74) is 5.61. The van der Waals surface area contributed by atoms with Crippen molar-refractivity contribution < 1.29 is 24.3 Å². The molecule has 4 N–H and O–H groups in total. The van der Waals surface area contributed by atoms with Crippen LogP contribution in [0.5, 0.6) is 0 Å². The van der Waals surface area contributed by atoms with Crippen molar-refractivity contribution >= 4 is 29.9 Å². The number of rotatable bonds is 8. The highest BCUT2D eigenvalue weighted by Gasteiger charge is 2.56. The van der Waals surface area contributed by atoms with Gasteiger partial charge in [-0.3, -0.25) is 10.2 Å². The Morgan fingerprint density at radius 3 is 2.23 bits per heavy atom. The van der Waals surface area contributed by atoms with Crippen LogP contribution in [0, 0.1) is 23.2 Å². The highest BCUT2D eigenvalue weighted by atomic mass is 16.4. The molecule has 4 aliphatic rings.